The molecule has 6 nitrogen and oxygen atoms in total. The van der Waals surface area contributed by atoms with Crippen molar-refractivity contribution in [2.75, 3.05) is 12.1 Å². The first-order valence-electron chi connectivity index (χ1n) is 13.1. The van der Waals surface area contributed by atoms with Crippen LogP contribution in [0.15, 0.2) is 97.1 Å². The number of aromatic nitrogens is 1. The van der Waals surface area contributed by atoms with Crippen LogP contribution in [-0.4, -0.2) is 17.7 Å². The number of para-hydroxylation sites is 2. The lowest BCUT2D eigenvalue weighted by Gasteiger charge is -2.08. The molecule has 0 saturated heterocycles. The van der Waals surface area contributed by atoms with Gasteiger partial charge in [-0.15, -0.1) is 22.7 Å². The third-order valence-electron chi connectivity index (χ3n) is 6.88. The van der Waals surface area contributed by atoms with Crippen LogP contribution < -0.4 is 19.5 Å². The largest absolute Gasteiger partial charge is 0.457 e. The Bertz CT molecular complexity index is 1840. The molecule has 0 aliphatic carbocycles. The molecule has 1 aliphatic heterocycles. The Kier molecular flexibility index (Phi) is 6.62. The Labute approximate surface area is 244 Å². The van der Waals surface area contributed by atoms with E-state index in [0.717, 1.165) is 59.0 Å². The van der Waals surface area contributed by atoms with Crippen molar-refractivity contribution in [3.8, 4) is 33.6 Å². The molecule has 6 aromatic rings. The van der Waals surface area contributed by atoms with Crippen LogP contribution in [0.2, 0.25) is 0 Å². The number of carbonyl (C=O) groups is 1. The van der Waals surface area contributed by atoms with Crippen LogP contribution in [0.3, 0.4) is 0 Å². The minimum atomic E-state index is -0.186. The van der Waals surface area contributed by atoms with Gasteiger partial charge in [0.1, 0.15) is 21.5 Å². The fraction of sp³-hybridized carbons (Fsp3) is 0.0909. The first-order chi connectivity index (χ1) is 20.1. The lowest BCUT2D eigenvalue weighted by Crippen LogP contribution is -2.11. The smallest absolute Gasteiger partial charge is 0.256 e. The molecule has 0 saturated carbocycles. The second-order valence-electron chi connectivity index (χ2n) is 9.60. The number of nitrogens with one attached hydrogen (secondary N) is 1. The van der Waals surface area contributed by atoms with Crippen LogP contribution in [0, 0.1) is 6.92 Å². The molecule has 0 unspecified atom stereocenters. The van der Waals surface area contributed by atoms with Crippen LogP contribution in [0.25, 0.3) is 20.8 Å². The molecule has 1 amide bonds. The fourth-order valence-electron chi connectivity index (χ4n) is 4.76. The van der Waals surface area contributed by atoms with Crippen molar-refractivity contribution < 1.29 is 19.0 Å². The molecule has 8 heteroatoms. The van der Waals surface area contributed by atoms with Gasteiger partial charge in [-0.2, -0.15) is 0 Å². The molecule has 41 heavy (non-hydrogen) atoms. The Morgan fingerprint density at radius 1 is 0.878 bits per heavy atom. The predicted molar refractivity (Wildman–Crippen MR) is 164 cm³/mol. The predicted octanol–water partition coefficient (Wildman–Crippen LogP) is 8.70. The number of benzene rings is 4. The summed E-state index contributed by atoms with van der Waals surface area (Å²) in [5, 5.41) is 4.86. The van der Waals surface area contributed by atoms with E-state index < -0.39 is 0 Å². The highest BCUT2D eigenvalue weighted by molar-refractivity contribution is 7.23. The number of thiophene rings is 1. The Morgan fingerprint density at radius 2 is 1.63 bits per heavy atom. The van der Waals surface area contributed by atoms with Crippen LogP contribution in [0.5, 0.6) is 23.0 Å². The lowest BCUT2D eigenvalue weighted by atomic mass is 10.1. The van der Waals surface area contributed by atoms with E-state index in [9.17, 15) is 4.79 Å². The maximum absolute atomic E-state index is 13.5. The summed E-state index contributed by atoms with van der Waals surface area (Å²) >= 11 is 3.22. The number of thiazole rings is 1. The van der Waals surface area contributed by atoms with Crippen molar-refractivity contribution in [1.82, 2.24) is 4.98 Å². The quantitative estimate of drug-likeness (QED) is 0.206. The molecule has 0 radical (unpaired) electrons. The zero-order valence-electron chi connectivity index (χ0n) is 22.0. The van der Waals surface area contributed by atoms with Gasteiger partial charge in [0.25, 0.3) is 5.91 Å². The molecule has 0 bridgehead atoms. The van der Waals surface area contributed by atoms with Crippen molar-refractivity contribution >= 4 is 43.8 Å². The minimum absolute atomic E-state index is 0.186. The highest BCUT2D eigenvalue weighted by atomic mass is 32.1. The van der Waals surface area contributed by atoms with Crippen molar-refractivity contribution in [2.24, 2.45) is 0 Å². The first kappa shape index (κ1) is 25.3. The molecule has 1 N–H and O–H groups in total. The minimum Gasteiger partial charge on any atom is -0.457 e. The summed E-state index contributed by atoms with van der Waals surface area (Å²) in [5.74, 6) is 2.75. The van der Waals surface area contributed by atoms with Crippen LogP contribution >= 0.6 is 22.7 Å². The Hall–Kier alpha value is -4.66. The van der Waals surface area contributed by atoms with E-state index in [1.165, 1.54) is 0 Å². The van der Waals surface area contributed by atoms with Gasteiger partial charge < -0.3 is 19.5 Å². The van der Waals surface area contributed by atoms with E-state index in [2.05, 4.69) is 24.4 Å². The van der Waals surface area contributed by atoms with E-state index in [-0.39, 0.29) is 12.7 Å². The van der Waals surface area contributed by atoms with E-state index in [1.807, 2.05) is 60.7 Å². The van der Waals surface area contributed by atoms with Gasteiger partial charge in [-0.25, -0.2) is 4.98 Å². The average Bonchev–Trinajstić information content (AvgIpc) is 3.71. The standard InChI is InChI=1S/C33H24N2O4S2/c1-20-29(18-21-11-16-26-27(17-21)38-19-37-26)41-33(30(20)32-34-25-9-5-6-10-28(25)40-32)35-31(36)22-12-14-24(15-13-22)39-23-7-3-2-4-8-23/h2-17H,18-19H2,1H3,(H,35,36). The first-order valence-corrected chi connectivity index (χ1v) is 14.7. The van der Waals surface area contributed by atoms with E-state index in [0.29, 0.717) is 17.7 Å². The number of nitrogens with zero attached hydrogens (tertiary/aromatic N) is 1. The molecule has 4 aromatic carbocycles. The number of carbonyl (C=O) groups excluding carboxylic acids is 1. The number of rotatable bonds is 7. The number of hydrogen-bond donors (Lipinski definition) is 1. The van der Waals surface area contributed by atoms with Gasteiger partial charge >= 0.3 is 0 Å². The summed E-state index contributed by atoms with van der Waals surface area (Å²) in [4.78, 5) is 19.5. The average molecular weight is 577 g/mol. The number of amides is 1. The molecular formula is C33H24N2O4S2. The summed E-state index contributed by atoms with van der Waals surface area (Å²) in [5.41, 5.74) is 4.67. The second-order valence-corrected chi connectivity index (χ2v) is 11.7. The zero-order chi connectivity index (χ0) is 27.8. The molecule has 0 spiro atoms. The number of ether oxygens (including phenoxy) is 3. The molecule has 2 aromatic heterocycles. The van der Waals surface area contributed by atoms with E-state index in [1.54, 1.807) is 46.9 Å². The van der Waals surface area contributed by atoms with Gasteiger partial charge in [0.2, 0.25) is 6.79 Å². The second kappa shape index (κ2) is 10.7. The molecule has 0 atom stereocenters. The molecule has 7 rings (SSSR count). The Balaban J connectivity index is 1.20. The third kappa shape index (κ3) is 5.15. The van der Waals surface area contributed by atoms with Crippen molar-refractivity contribution in [1.29, 1.82) is 0 Å². The Morgan fingerprint density at radius 3 is 2.46 bits per heavy atom. The van der Waals surface area contributed by atoms with Gasteiger partial charge in [0, 0.05) is 22.4 Å². The normalized spacial score (nSPS) is 12.0. The summed E-state index contributed by atoms with van der Waals surface area (Å²) in [6, 6.07) is 30.9. The van der Waals surface area contributed by atoms with Gasteiger partial charge in [-0.3, -0.25) is 4.79 Å². The van der Waals surface area contributed by atoms with E-state index >= 15 is 0 Å². The van der Waals surface area contributed by atoms with Gasteiger partial charge in [0.15, 0.2) is 11.5 Å². The fourth-order valence-corrected chi connectivity index (χ4v) is 7.14. The van der Waals surface area contributed by atoms with Crippen molar-refractivity contribution in [3.05, 3.63) is 119 Å². The van der Waals surface area contributed by atoms with Crippen LogP contribution in [0.4, 0.5) is 5.00 Å². The molecule has 202 valence electrons. The van der Waals surface area contributed by atoms with Gasteiger partial charge in [-0.1, -0.05) is 36.4 Å². The SMILES string of the molecule is Cc1c(Cc2ccc3c(c2)OCO3)sc(NC(=O)c2ccc(Oc3ccccc3)cc2)c1-c1nc2ccccc2s1. The molecule has 0 fully saturated rings. The topological polar surface area (TPSA) is 69.7 Å². The summed E-state index contributed by atoms with van der Waals surface area (Å²) in [6.45, 7) is 2.35. The van der Waals surface area contributed by atoms with Crippen molar-refractivity contribution in [2.45, 2.75) is 13.3 Å². The van der Waals surface area contributed by atoms with E-state index in [4.69, 9.17) is 19.2 Å². The monoisotopic (exact) mass is 576 g/mol. The number of fused-ring (bicyclic) bond motifs is 2. The van der Waals surface area contributed by atoms with Crippen LogP contribution in [0.1, 0.15) is 26.4 Å². The highest BCUT2D eigenvalue weighted by Crippen LogP contribution is 2.45. The third-order valence-corrected chi connectivity index (χ3v) is 9.14. The number of hydrogen-bond acceptors (Lipinski definition) is 7. The van der Waals surface area contributed by atoms with Crippen molar-refractivity contribution in [3.63, 3.8) is 0 Å². The lowest BCUT2D eigenvalue weighted by molar-refractivity contribution is 0.102. The maximum atomic E-state index is 13.5. The summed E-state index contributed by atoms with van der Waals surface area (Å²) in [6.07, 6.45) is 0.701. The molecule has 3 heterocycles. The number of anilines is 1. The van der Waals surface area contributed by atoms with Crippen LogP contribution in [-0.2, 0) is 6.42 Å². The molecule has 1 aliphatic rings. The zero-order valence-corrected chi connectivity index (χ0v) is 23.7. The molecular weight excluding hydrogens is 553 g/mol. The summed E-state index contributed by atoms with van der Waals surface area (Å²) < 4.78 is 18.1. The maximum Gasteiger partial charge on any atom is 0.256 e. The van der Waals surface area contributed by atoms with Gasteiger partial charge in [-0.05, 0) is 78.7 Å². The summed E-state index contributed by atoms with van der Waals surface area (Å²) in [7, 11) is 0. The van der Waals surface area contributed by atoms with Gasteiger partial charge in [0.05, 0.1) is 10.2 Å². The highest BCUT2D eigenvalue weighted by Gasteiger charge is 2.23.